The van der Waals surface area contributed by atoms with E-state index in [9.17, 15) is 4.79 Å². The van der Waals surface area contributed by atoms with Crippen LogP contribution in [0.25, 0.3) is 0 Å². The molecule has 20 heavy (non-hydrogen) atoms. The maximum Gasteiger partial charge on any atom is 0.229 e. The van der Waals surface area contributed by atoms with Crippen LogP contribution in [0.15, 0.2) is 29.2 Å². The molecule has 1 aliphatic carbocycles. The Kier molecular flexibility index (Phi) is 5.11. The van der Waals surface area contributed by atoms with Gasteiger partial charge >= 0.3 is 0 Å². The molecule has 0 spiro atoms. The monoisotopic (exact) mass is 292 g/mol. The molecule has 110 valence electrons. The molecule has 0 heterocycles. The predicted molar refractivity (Wildman–Crippen MR) is 86.0 cm³/mol. The standard InChI is InChI=1S/C16H24N2OS/c1-3-20-13-8-6-7-12(11-13)18-15(19)14-9-4-5-10-16(14,2)17/h6-8,11,14H,3-5,9-10,17H2,1-2H3,(H,18,19). The fourth-order valence-electron chi connectivity index (χ4n) is 2.85. The SMILES string of the molecule is CCSc1cccc(NC(=O)C2CCCCC2(C)N)c1. The molecule has 0 saturated heterocycles. The molecule has 2 atom stereocenters. The highest BCUT2D eigenvalue weighted by Gasteiger charge is 2.37. The first-order valence-corrected chi connectivity index (χ1v) is 8.34. The van der Waals surface area contributed by atoms with Crippen LogP contribution in [0.1, 0.15) is 39.5 Å². The molecule has 1 aliphatic rings. The summed E-state index contributed by atoms with van der Waals surface area (Å²) in [7, 11) is 0. The predicted octanol–water partition coefficient (Wildman–Crippen LogP) is 3.64. The molecule has 2 rings (SSSR count). The summed E-state index contributed by atoms with van der Waals surface area (Å²) in [6.45, 7) is 4.12. The molecule has 1 amide bonds. The van der Waals surface area contributed by atoms with Crippen molar-refractivity contribution in [1.82, 2.24) is 0 Å². The Morgan fingerprint density at radius 3 is 3.00 bits per heavy atom. The minimum absolute atomic E-state index is 0.0633. The summed E-state index contributed by atoms with van der Waals surface area (Å²) in [5.41, 5.74) is 6.78. The van der Waals surface area contributed by atoms with E-state index in [0.717, 1.165) is 37.1 Å². The highest BCUT2D eigenvalue weighted by atomic mass is 32.2. The van der Waals surface area contributed by atoms with Crippen LogP contribution in [-0.4, -0.2) is 17.2 Å². The number of hydrogen-bond acceptors (Lipinski definition) is 3. The van der Waals surface area contributed by atoms with Gasteiger partial charge in [0, 0.05) is 16.1 Å². The number of hydrogen-bond donors (Lipinski definition) is 2. The summed E-state index contributed by atoms with van der Waals surface area (Å²) < 4.78 is 0. The van der Waals surface area contributed by atoms with Gasteiger partial charge in [0.1, 0.15) is 0 Å². The van der Waals surface area contributed by atoms with Crippen LogP contribution in [0.5, 0.6) is 0 Å². The average Bonchev–Trinajstić information content (AvgIpc) is 2.38. The molecule has 0 aromatic heterocycles. The van der Waals surface area contributed by atoms with Crippen molar-refractivity contribution in [2.45, 2.75) is 50.0 Å². The first-order chi connectivity index (χ1) is 9.53. The average molecular weight is 292 g/mol. The number of anilines is 1. The molecule has 3 nitrogen and oxygen atoms in total. The van der Waals surface area contributed by atoms with Gasteiger partial charge in [-0.25, -0.2) is 0 Å². The summed E-state index contributed by atoms with van der Waals surface area (Å²) in [5, 5.41) is 3.03. The number of amides is 1. The Labute approximate surface area is 125 Å². The number of carbonyl (C=O) groups is 1. The minimum Gasteiger partial charge on any atom is -0.326 e. The van der Waals surface area contributed by atoms with E-state index >= 15 is 0 Å². The third-order valence-corrected chi connectivity index (χ3v) is 4.86. The van der Waals surface area contributed by atoms with Gasteiger partial charge in [-0.3, -0.25) is 4.79 Å². The molecule has 2 unspecified atom stereocenters. The molecule has 3 N–H and O–H groups in total. The number of rotatable bonds is 4. The molecule has 0 radical (unpaired) electrons. The van der Waals surface area contributed by atoms with Crippen LogP contribution in [0, 0.1) is 5.92 Å². The normalized spacial score (nSPS) is 26.2. The lowest BCUT2D eigenvalue weighted by molar-refractivity contribution is -0.122. The van der Waals surface area contributed by atoms with E-state index in [1.54, 1.807) is 11.8 Å². The van der Waals surface area contributed by atoms with E-state index in [-0.39, 0.29) is 17.4 Å². The highest BCUT2D eigenvalue weighted by Crippen LogP contribution is 2.32. The molecule has 0 bridgehead atoms. The van der Waals surface area contributed by atoms with E-state index in [1.165, 1.54) is 4.90 Å². The van der Waals surface area contributed by atoms with Gasteiger partial charge in [0.2, 0.25) is 5.91 Å². The molecule has 1 aromatic rings. The van der Waals surface area contributed by atoms with Crippen LogP contribution in [0.2, 0.25) is 0 Å². The second kappa shape index (κ2) is 6.64. The van der Waals surface area contributed by atoms with Crippen LogP contribution in [0.3, 0.4) is 0 Å². The van der Waals surface area contributed by atoms with Gasteiger partial charge in [-0.2, -0.15) is 0 Å². The van der Waals surface area contributed by atoms with E-state index in [2.05, 4.69) is 18.3 Å². The minimum atomic E-state index is -0.377. The van der Waals surface area contributed by atoms with Crippen LogP contribution in [-0.2, 0) is 4.79 Å². The van der Waals surface area contributed by atoms with Crippen LogP contribution < -0.4 is 11.1 Å². The van der Waals surface area contributed by atoms with E-state index in [0.29, 0.717) is 0 Å². The smallest absolute Gasteiger partial charge is 0.229 e. The second-order valence-electron chi connectivity index (χ2n) is 5.75. The zero-order chi connectivity index (χ0) is 14.6. The summed E-state index contributed by atoms with van der Waals surface area (Å²) in [5.74, 6) is 1.01. The fourth-order valence-corrected chi connectivity index (χ4v) is 3.57. The molecule has 4 heteroatoms. The molecular formula is C16H24N2OS. The van der Waals surface area contributed by atoms with Crippen molar-refractivity contribution in [2.75, 3.05) is 11.1 Å². The first-order valence-electron chi connectivity index (χ1n) is 7.35. The van der Waals surface area contributed by atoms with Crippen molar-refractivity contribution in [3.8, 4) is 0 Å². The van der Waals surface area contributed by atoms with Gasteiger partial charge < -0.3 is 11.1 Å². The van der Waals surface area contributed by atoms with Gasteiger partial charge in [0.25, 0.3) is 0 Å². The van der Waals surface area contributed by atoms with Gasteiger partial charge in [0.05, 0.1) is 5.92 Å². The second-order valence-corrected chi connectivity index (χ2v) is 7.09. The quantitative estimate of drug-likeness (QED) is 0.833. The highest BCUT2D eigenvalue weighted by molar-refractivity contribution is 7.99. The summed E-state index contributed by atoms with van der Waals surface area (Å²) in [6, 6.07) is 8.02. The Morgan fingerprint density at radius 2 is 2.30 bits per heavy atom. The van der Waals surface area contributed by atoms with E-state index < -0.39 is 0 Å². The number of carbonyl (C=O) groups excluding carboxylic acids is 1. The van der Waals surface area contributed by atoms with Crippen LogP contribution in [0.4, 0.5) is 5.69 Å². The van der Waals surface area contributed by atoms with Gasteiger partial charge in [-0.15, -0.1) is 11.8 Å². The van der Waals surface area contributed by atoms with Crippen molar-refractivity contribution < 1.29 is 4.79 Å². The van der Waals surface area contributed by atoms with Crippen molar-refractivity contribution >= 4 is 23.4 Å². The topological polar surface area (TPSA) is 55.1 Å². The number of thioether (sulfide) groups is 1. The van der Waals surface area contributed by atoms with E-state index in [4.69, 9.17) is 5.73 Å². The van der Waals surface area contributed by atoms with Gasteiger partial charge in [0.15, 0.2) is 0 Å². The summed E-state index contributed by atoms with van der Waals surface area (Å²) >= 11 is 1.78. The third-order valence-electron chi connectivity index (χ3n) is 3.98. The van der Waals surface area contributed by atoms with E-state index in [1.807, 2.05) is 25.1 Å². The lowest BCUT2D eigenvalue weighted by atomic mass is 9.74. The lowest BCUT2D eigenvalue weighted by Gasteiger charge is -2.37. The summed E-state index contributed by atoms with van der Waals surface area (Å²) in [6.07, 6.45) is 4.04. The van der Waals surface area contributed by atoms with Crippen molar-refractivity contribution in [1.29, 1.82) is 0 Å². The maximum absolute atomic E-state index is 12.5. The Bertz CT molecular complexity index is 473. The molecular weight excluding hydrogens is 268 g/mol. The summed E-state index contributed by atoms with van der Waals surface area (Å²) in [4.78, 5) is 13.6. The van der Waals surface area contributed by atoms with Crippen molar-refractivity contribution in [3.63, 3.8) is 0 Å². The fraction of sp³-hybridized carbons (Fsp3) is 0.562. The molecule has 0 aliphatic heterocycles. The van der Waals surface area contributed by atoms with Gasteiger partial charge in [-0.05, 0) is 43.7 Å². The van der Waals surface area contributed by atoms with Crippen molar-refractivity contribution in [2.24, 2.45) is 11.7 Å². The maximum atomic E-state index is 12.5. The molecule has 1 saturated carbocycles. The van der Waals surface area contributed by atoms with Crippen molar-refractivity contribution in [3.05, 3.63) is 24.3 Å². The van der Waals surface area contributed by atoms with Crippen LogP contribution >= 0.6 is 11.8 Å². The third kappa shape index (κ3) is 3.76. The largest absolute Gasteiger partial charge is 0.326 e. The zero-order valence-corrected chi connectivity index (χ0v) is 13.1. The van der Waals surface area contributed by atoms with Gasteiger partial charge in [-0.1, -0.05) is 25.8 Å². The Hall–Kier alpha value is -1.00. The lowest BCUT2D eigenvalue weighted by Crippen LogP contribution is -2.51. The zero-order valence-electron chi connectivity index (χ0n) is 12.3. The number of benzene rings is 1. The Balaban J connectivity index is 2.05. The first kappa shape index (κ1) is 15.4. The molecule has 1 fully saturated rings. The Morgan fingerprint density at radius 1 is 1.50 bits per heavy atom. The number of nitrogens with one attached hydrogen (secondary N) is 1. The number of nitrogens with two attached hydrogens (primary N) is 1. The molecule has 1 aromatic carbocycles.